The summed E-state index contributed by atoms with van der Waals surface area (Å²) in [6.07, 6.45) is 0. The highest BCUT2D eigenvalue weighted by Gasteiger charge is 2.11. The van der Waals surface area contributed by atoms with Crippen molar-refractivity contribution in [2.24, 2.45) is 0 Å². The van der Waals surface area contributed by atoms with Crippen LogP contribution in [0.3, 0.4) is 0 Å². The Bertz CT molecular complexity index is 296. The molecule has 1 N–H and O–H groups in total. The lowest BCUT2D eigenvalue weighted by molar-refractivity contribution is -0.119. The van der Waals surface area contributed by atoms with Crippen LogP contribution in [0.4, 0.5) is 0 Å². The summed E-state index contributed by atoms with van der Waals surface area (Å²) in [6.45, 7) is 3.71. The van der Waals surface area contributed by atoms with E-state index in [1.54, 1.807) is 0 Å². The van der Waals surface area contributed by atoms with Crippen LogP contribution in [-0.2, 0) is 4.79 Å². The number of furan rings is 1. The lowest BCUT2D eigenvalue weighted by Gasteiger charge is -2.09. The van der Waals surface area contributed by atoms with Gasteiger partial charge in [0, 0.05) is 0 Å². The number of carbonyl (C=O) groups is 1. The van der Waals surface area contributed by atoms with Gasteiger partial charge in [0.2, 0.25) is 5.91 Å². The van der Waals surface area contributed by atoms with Gasteiger partial charge < -0.3 is 9.73 Å². The maximum absolute atomic E-state index is 10.9. The fourth-order valence-corrected chi connectivity index (χ4v) is 1.11. The molecule has 1 unspecified atom stereocenters. The summed E-state index contributed by atoms with van der Waals surface area (Å²) >= 11 is 5.35. The van der Waals surface area contributed by atoms with Crippen LogP contribution in [0.2, 0.25) is 0 Å². The Kier molecular flexibility index (Phi) is 3.37. The molecule has 13 heavy (non-hydrogen) atoms. The van der Waals surface area contributed by atoms with E-state index in [-0.39, 0.29) is 17.8 Å². The van der Waals surface area contributed by atoms with E-state index in [1.807, 2.05) is 26.0 Å². The minimum Gasteiger partial charge on any atom is -0.464 e. The van der Waals surface area contributed by atoms with Crippen LogP contribution in [0, 0.1) is 6.92 Å². The van der Waals surface area contributed by atoms with Crippen LogP contribution in [-0.4, -0.2) is 11.8 Å². The van der Waals surface area contributed by atoms with Crippen LogP contribution in [0.15, 0.2) is 16.5 Å². The summed E-state index contributed by atoms with van der Waals surface area (Å²) in [6, 6.07) is 3.58. The van der Waals surface area contributed by atoms with E-state index >= 15 is 0 Å². The molecule has 1 rings (SSSR count). The molecule has 72 valence electrons. The lowest BCUT2D eigenvalue weighted by atomic mass is 10.2. The second-order valence-corrected chi connectivity index (χ2v) is 3.14. The van der Waals surface area contributed by atoms with Crippen LogP contribution >= 0.6 is 11.6 Å². The molecule has 1 atom stereocenters. The van der Waals surface area contributed by atoms with E-state index in [0.717, 1.165) is 11.5 Å². The molecule has 0 spiro atoms. The fraction of sp³-hybridized carbons (Fsp3) is 0.444. The Hall–Kier alpha value is -0.960. The van der Waals surface area contributed by atoms with E-state index in [0.29, 0.717) is 0 Å². The number of amides is 1. The molecule has 1 heterocycles. The zero-order valence-corrected chi connectivity index (χ0v) is 8.39. The minimum absolute atomic E-state index is 0.0238. The standard InChI is InChI=1S/C9H12ClNO2/c1-6-3-4-8(13-6)7(2)11-9(12)5-10/h3-4,7H,5H2,1-2H3,(H,11,12). The molecule has 4 heteroatoms. The number of hydrogen-bond donors (Lipinski definition) is 1. The third kappa shape index (κ3) is 2.77. The molecule has 0 aromatic carbocycles. The van der Waals surface area contributed by atoms with Gasteiger partial charge in [-0.1, -0.05) is 0 Å². The monoisotopic (exact) mass is 201 g/mol. The maximum atomic E-state index is 10.9. The minimum atomic E-state index is -0.191. The van der Waals surface area contributed by atoms with Gasteiger partial charge in [-0.25, -0.2) is 0 Å². The van der Waals surface area contributed by atoms with Gasteiger partial charge in [-0.05, 0) is 26.0 Å². The Morgan fingerprint density at radius 1 is 1.69 bits per heavy atom. The average Bonchev–Trinajstić information content (AvgIpc) is 2.51. The zero-order chi connectivity index (χ0) is 9.84. The van der Waals surface area contributed by atoms with Crippen molar-refractivity contribution in [3.05, 3.63) is 23.7 Å². The number of hydrogen-bond acceptors (Lipinski definition) is 2. The highest BCUT2D eigenvalue weighted by atomic mass is 35.5. The van der Waals surface area contributed by atoms with Crippen molar-refractivity contribution >= 4 is 17.5 Å². The smallest absolute Gasteiger partial charge is 0.235 e. The quantitative estimate of drug-likeness (QED) is 0.761. The first-order chi connectivity index (χ1) is 6.13. The van der Waals surface area contributed by atoms with E-state index < -0.39 is 0 Å². The van der Waals surface area contributed by atoms with E-state index in [4.69, 9.17) is 16.0 Å². The van der Waals surface area contributed by atoms with Gasteiger partial charge in [0.1, 0.15) is 17.4 Å². The van der Waals surface area contributed by atoms with Crippen molar-refractivity contribution in [3.8, 4) is 0 Å². The highest BCUT2D eigenvalue weighted by Crippen LogP contribution is 2.15. The van der Waals surface area contributed by atoms with Gasteiger partial charge in [0.05, 0.1) is 6.04 Å². The van der Waals surface area contributed by atoms with E-state index in [9.17, 15) is 4.79 Å². The second-order valence-electron chi connectivity index (χ2n) is 2.87. The summed E-state index contributed by atoms with van der Waals surface area (Å²) in [5, 5.41) is 2.69. The molecule has 1 aromatic rings. The topological polar surface area (TPSA) is 42.2 Å². The molecule has 0 bridgehead atoms. The number of nitrogens with one attached hydrogen (secondary N) is 1. The molecule has 1 aromatic heterocycles. The van der Waals surface area contributed by atoms with Crippen molar-refractivity contribution in [3.63, 3.8) is 0 Å². The summed E-state index contributed by atoms with van der Waals surface area (Å²) in [7, 11) is 0. The maximum Gasteiger partial charge on any atom is 0.235 e. The van der Waals surface area contributed by atoms with Crippen molar-refractivity contribution < 1.29 is 9.21 Å². The SMILES string of the molecule is Cc1ccc(C(C)NC(=O)CCl)o1. The summed E-state index contributed by atoms with van der Waals surface area (Å²) in [5.74, 6) is 1.37. The largest absolute Gasteiger partial charge is 0.464 e. The molecule has 3 nitrogen and oxygen atoms in total. The molecule has 0 aliphatic carbocycles. The summed E-state index contributed by atoms with van der Waals surface area (Å²) in [5.41, 5.74) is 0. The van der Waals surface area contributed by atoms with Crippen molar-refractivity contribution in [2.45, 2.75) is 19.9 Å². The first-order valence-corrected chi connectivity index (χ1v) is 4.58. The van der Waals surface area contributed by atoms with Gasteiger partial charge in [-0.15, -0.1) is 11.6 Å². The Morgan fingerprint density at radius 2 is 2.38 bits per heavy atom. The molecule has 0 saturated carbocycles. The van der Waals surface area contributed by atoms with Crippen LogP contribution in [0.5, 0.6) is 0 Å². The van der Waals surface area contributed by atoms with E-state index in [2.05, 4.69) is 5.32 Å². The summed E-state index contributed by atoms with van der Waals surface area (Å²) in [4.78, 5) is 10.9. The Morgan fingerprint density at radius 3 is 2.85 bits per heavy atom. The normalized spacial score (nSPS) is 12.5. The Balaban J connectivity index is 2.58. The van der Waals surface area contributed by atoms with Crippen LogP contribution in [0.25, 0.3) is 0 Å². The predicted molar refractivity (Wildman–Crippen MR) is 50.7 cm³/mol. The molecule has 0 radical (unpaired) electrons. The van der Waals surface area contributed by atoms with Gasteiger partial charge in [0.15, 0.2) is 0 Å². The number of halogens is 1. The first-order valence-electron chi connectivity index (χ1n) is 4.05. The summed E-state index contributed by atoms with van der Waals surface area (Å²) < 4.78 is 5.33. The lowest BCUT2D eigenvalue weighted by Crippen LogP contribution is -2.27. The molecular weight excluding hydrogens is 190 g/mol. The zero-order valence-electron chi connectivity index (χ0n) is 7.63. The van der Waals surface area contributed by atoms with Gasteiger partial charge in [-0.3, -0.25) is 4.79 Å². The molecule has 1 amide bonds. The number of rotatable bonds is 3. The number of aryl methyl sites for hydroxylation is 1. The fourth-order valence-electron chi connectivity index (χ4n) is 1.04. The third-order valence-electron chi connectivity index (χ3n) is 1.69. The van der Waals surface area contributed by atoms with Gasteiger partial charge >= 0.3 is 0 Å². The van der Waals surface area contributed by atoms with Gasteiger partial charge in [0.25, 0.3) is 0 Å². The second kappa shape index (κ2) is 4.33. The highest BCUT2D eigenvalue weighted by molar-refractivity contribution is 6.27. The number of alkyl halides is 1. The average molecular weight is 202 g/mol. The van der Waals surface area contributed by atoms with Crippen molar-refractivity contribution in [1.29, 1.82) is 0 Å². The molecule has 0 saturated heterocycles. The first kappa shape index (κ1) is 10.1. The number of carbonyl (C=O) groups excluding carboxylic acids is 1. The molecule has 0 aliphatic rings. The van der Waals surface area contributed by atoms with Crippen LogP contribution < -0.4 is 5.32 Å². The predicted octanol–water partition coefficient (Wildman–Crippen LogP) is 2.00. The van der Waals surface area contributed by atoms with Crippen LogP contribution in [0.1, 0.15) is 24.5 Å². The molecular formula is C9H12ClNO2. The third-order valence-corrected chi connectivity index (χ3v) is 1.93. The van der Waals surface area contributed by atoms with E-state index in [1.165, 1.54) is 0 Å². The Labute approximate surface area is 82.1 Å². The molecule has 0 fully saturated rings. The van der Waals surface area contributed by atoms with Crippen molar-refractivity contribution in [2.75, 3.05) is 5.88 Å². The molecule has 0 aliphatic heterocycles. The van der Waals surface area contributed by atoms with Gasteiger partial charge in [-0.2, -0.15) is 0 Å². The van der Waals surface area contributed by atoms with Crippen molar-refractivity contribution in [1.82, 2.24) is 5.32 Å².